The minimum atomic E-state index is -0.0355. The van der Waals surface area contributed by atoms with Gasteiger partial charge in [-0.3, -0.25) is 9.97 Å². The van der Waals surface area contributed by atoms with E-state index >= 15 is 0 Å². The number of anilines is 4. The molecule has 4 heterocycles. The minimum Gasteiger partial charge on any atom is -0.488 e. The number of benzene rings is 6. The molecule has 10 rings (SSSR count). The Hall–Kier alpha value is -6.43. The summed E-state index contributed by atoms with van der Waals surface area (Å²) in [6, 6.07) is 59.2. The molecule has 0 saturated heterocycles. The molecule has 7 nitrogen and oxygen atoms in total. The van der Waals surface area contributed by atoms with Gasteiger partial charge in [-0.25, -0.2) is 4.98 Å². The van der Waals surface area contributed by atoms with Gasteiger partial charge in [0.05, 0.1) is 11.6 Å². The Morgan fingerprint density at radius 1 is 0.561 bits per heavy atom. The first-order valence-electron chi connectivity index (χ1n) is 18.7. The fourth-order valence-corrected chi connectivity index (χ4v) is 7.43. The van der Waals surface area contributed by atoms with E-state index in [0.717, 1.165) is 67.1 Å². The molecule has 1 aliphatic rings. The molecule has 0 atom stereocenters. The van der Waals surface area contributed by atoms with Crippen LogP contribution in [0.15, 0.2) is 158 Å². The summed E-state index contributed by atoms with van der Waals surface area (Å²) in [4.78, 5) is 24.5. The molecule has 0 N–H and O–H groups in total. The molecule has 0 amide bonds. The zero-order valence-electron chi connectivity index (χ0n) is 31.5. The van der Waals surface area contributed by atoms with E-state index in [1.165, 1.54) is 5.56 Å². The van der Waals surface area contributed by atoms with Crippen molar-refractivity contribution in [1.29, 1.82) is 0 Å². The molecule has 280 valence electrons. The number of hydrogen-bond acceptors (Lipinski definition) is 6. The molecule has 0 unspecified atom stereocenters. The summed E-state index contributed by atoms with van der Waals surface area (Å²) in [6.45, 7) is 8.78. The van der Waals surface area contributed by atoms with Crippen LogP contribution in [0.4, 0.5) is 22.7 Å². The van der Waals surface area contributed by atoms with E-state index < -0.39 is 0 Å². The first-order chi connectivity index (χ1) is 27.4. The second kappa shape index (κ2) is 14.6. The predicted molar refractivity (Wildman–Crippen MR) is 226 cm³/mol. The molecule has 8 heteroatoms. The third-order valence-electron chi connectivity index (χ3n) is 10.3. The van der Waals surface area contributed by atoms with Crippen molar-refractivity contribution in [3.05, 3.63) is 182 Å². The van der Waals surface area contributed by atoms with Crippen LogP contribution in [0.2, 0.25) is 0 Å². The molecule has 0 fully saturated rings. The Morgan fingerprint density at radius 2 is 1.21 bits per heavy atom. The van der Waals surface area contributed by atoms with E-state index in [1.807, 2.05) is 54.7 Å². The van der Waals surface area contributed by atoms with E-state index in [4.69, 9.17) is 19.9 Å². The van der Waals surface area contributed by atoms with Gasteiger partial charge in [0.25, 0.3) is 0 Å². The van der Waals surface area contributed by atoms with Crippen molar-refractivity contribution in [2.75, 3.05) is 9.80 Å². The molecular weight excluding hydrogens is 882 g/mol. The first-order valence-corrected chi connectivity index (χ1v) is 18.7. The number of nitrogens with zero attached hydrogens (tertiary/aromatic N) is 7. The largest absolute Gasteiger partial charge is 0.488 e. The van der Waals surface area contributed by atoms with Crippen LogP contribution in [0.1, 0.15) is 26.3 Å². The zero-order valence-corrected chi connectivity index (χ0v) is 33.8. The summed E-state index contributed by atoms with van der Waals surface area (Å²) in [7, 11) is 0. The van der Waals surface area contributed by atoms with Gasteiger partial charge in [-0.2, -0.15) is 0 Å². The van der Waals surface area contributed by atoms with Gasteiger partial charge in [0, 0.05) is 55.4 Å². The monoisotopic (exact) mass is 917 g/mol. The van der Waals surface area contributed by atoms with Crippen LogP contribution in [-0.4, -0.2) is 24.5 Å². The third kappa shape index (κ3) is 6.58. The van der Waals surface area contributed by atoms with Gasteiger partial charge in [-0.15, -0.1) is 60.3 Å². The number of pyridine rings is 1. The SMILES string of the molecule is CC(C)(C)c1ccnc(-n2c3[c-]c(-c4nc(-c5[c-]c(N6[CH-]N(c7ccccc7)c7ccccc76)ccc5)nc(-c5ccccc5)n4)ccc3c3ccccc32)c1.[Pt]. The molecule has 0 aliphatic carbocycles. The minimum absolute atomic E-state index is 0. The van der Waals surface area contributed by atoms with E-state index in [9.17, 15) is 0 Å². The fraction of sp³-hybridized carbons (Fsp3) is 0.0816. The Morgan fingerprint density at radius 3 is 1.96 bits per heavy atom. The quantitative estimate of drug-likeness (QED) is 0.155. The maximum Gasteiger partial charge on any atom is 0.144 e. The molecule has 0 radical (unpaired) electrons. The fourth-order valence-electron chi connectivity index (χ4n) is 7.43. The normalized spacial score (nSPS) is 12.5. The summed E-state index contributed by atoms with van der Waals surface area (Å²) in [5, 5.41) is 2.21. The summed E-state index contributed by atoms with van der Waals surface area (Å²) >= 11 is 0. The molecule has 9 aromatic rings. The van der Waals surface area contributed by atoms with Crippen molar-refractivity contribution in [1.82, 2.24) is 24.5 Å². The average molecular weight is 918 g/mol. The smallest absolute Gasteiger partial charge is 0.144 e. The van der Waals surface area contributed by atoms with Crippen molar-refractivity contribution >= 4 is 44.6 Å². The van der Waals surface area contributed by atoms with E-state index in [-0.39, 0.29) is 26.5 Å². The molecular formula is C49H36N7Pt-3. The van der Waals surface area contributed by atoms with Gasteiger partial charge < -0.3 is 19.4 Å². The van der Waals surface area contributed by atoms with Crippen molar-refractivity contribution in [2.45, 2.75) is 26.2 Å². The second-order valence-electron chi connectivity index (χ2n) is 14.9. The van der Waals surface area contributed by atoms with Crippen LogP contribution in [0, 0.1) is 18.8 Å². The molecule has 57 heavy (non-hydrogen) atoms. The standard InChI is InChI=1S/C49H36N7.Pt/c1-49(2,3)36-27-28-50-45(31-36)56-41-22-11-10-21-39(41)40-26-25-35(30-44(40)56)48-52-46(33-15-6-4-7-16-33)51-47(53-48)34-17-14-20-38(29-34)55-32-54(37-18-8-5-9-19-37)42-23-12-13-24-43(42)55;/h4-28,31-32H,1-3H3;/q-3;. The van der Waals surface area contributed by atoms with Crippen molar-refractivity contribution in [3.63, 3.8) is 0 Å². The zero-order chi connectivity index (χ0) is 37.8. The van der Waals surface area contributed by atoms with Crippen molar-refractivity contribution < 1.29 is 21.1 Å². The topological polar surface area (TPSA) is 63.0 Å². The van der Waals surface area contributed by atoms with Crippen LogP contribution in [0.25, 0.3) is 61.8 Å². The summed E-state index contributed by atoms with van der Waals surface area (Å²) in [5.41, 5.74) is 9.66. The second-order valence-corrected chi connectivity index (χ2v) is 14.9. The maximum atomic E-state index is 5.13. The summed E-state index contributed by atoms with van der Waals surface area (Å²) in [5.74, 6) is 2.47. The van der Waals surface area contributed by atoms with Crippen LogP contribution in [-0.2, 0) is 26.5 Å². The molecule has 0 spiro atoms. The number of rotatable bonds is 6. The average Bonchev–Trinajstić information content (AvgIpc) is 3.80. The number of fused-ring (bicyclic) bond motifs is 4. The van der Waals surface area contributed by atoms with Crippen molar-refractivity contribution in [3.8, 4) is 40.0 Å². The van der Waals surface area contributed by atoms with E-state index in [2.05, 4.69) is 157 Å². The number of hydrogen-bond donors (Lipinski definition) is 0. The molecule has 1 aliphatic heterocycles. The Labute approximate surface area is 346 Å². The molecule has 0 bridgehead atoms. The summed E-state index contributed by atoms with van der Waals surface area (Å²) < 4.78 is 2.20. The molecule has 6 aromatic carbocycles. The third-order valence-corrected chi connectivity index (χ3v) is 10.3. The van der Waals surface area contributed by atoms with Crippen LogP contribution in [0.5, 0.6) is 0 Å². The van der Waals surface area contributed by atoms with E-state index in [1.54, 1.807) is 0 Å². The van der Waals surface area contributed by atoms with Crippen LogP contribution >= 0.6 is 0 Å². The van der Waals surface area contributed by atoms with Gasteiger partial charge >= 0.3 is 0 Å². The maximum absolute atomic E-state index is 5.13. The van der Waals surface area contributed by atoms with Gasteiger partial charge in [0.2, 0.25) is 0 Å². The van der Waals surface area contributed by atoms with E-state index in [0.29, 0.717) is 17.5 Å². The Kier molecular flexibility index (Phi) is 9.26. The van der Waals surface area contributed by atoms with Gasteiger partial charge in [-0.1, -0.05) is 111 Å². The number of aromatic nitrogens is 5. The summed E-state index contributed by atoms with van der Waals surface area (Å²) in [6.07, 6.45) is 1.90. The van der Waals surface area contributed by atoms with Gasteiger partial charge in [0.15, 0.2) is 0 Å². The van der Waals surface area contributed by atoms with Gasteiger partial charge in [0.1, 0.15) is 11.6 Å². The van der Waals surface area contributed by atoms with Gasteiger partial charge in [-0.05, 0) is 64.3 Å². The molecule has 0 saturated carbocycles. The number of para-hydroxylation sites is 4. The predicted octanol–water partition coefficient (Wildman–Crippen LogP) is 11.7. The van der Waals surface area contributed by atoms with Crippen molar-refractivity contribution in [2.24, 2.45) is 0 Å². The van der Waals surface area contributed by atoms with Crippen LogP contribution < -0.4 is 9.80 Å². The molecule has 3 aromatic heterocycles. The first kappa shape index (κ1) is 36.2. The van der Waals surface area contributed by atoms with Crippen LogP contribution in [0.3, 0.4) is 0 Å². The Bertz CT molecular complexity index is 2900. The Balaban J connectivity index is 0.00000422.